The van der Waals surface area contributed by atoms with Crippen LogP contribution in [0.2, 0.25) is 0 Å². The molecular weight excluding hydrogens is 224 g/mol. The molecule has 0 spiro atoms. The number of methoxy groups -OCH3 is 1. The molecule has 4 nitrogen and oxygen atoms in total. The van der Waals surface area contributed by atoms with E-state index in [1.165, 1.54) is 0 Å². The predicted molar refractivity (Wildman–Crippen MR) is 67.2 cm³/mol. The molecule has 0 aromatic carbocycles. The maximum atomic E-state index is 12.0. The molecule has 1 rings (SSSR count). The number of rotatable bonds is 7. The van der Waals surface area contributed by atoms with Gasteiger partial charge in [-0.3, -0.25) is 4.79 Å². The Morgan fingerprint density at radius 2 is 2.25 bits per heavy atom. The van der Waals surface area contributed by atoms with Crippen LogP contribution in [0, 0.1) is 5.41 Å². The lowest BCUT2D eigenvalue weighted by molar-refractivity contribution is -0.125. The second-order valence-electron chi connectivity index (χ2n) is 4.36. The fraction of sp³-hybridized carbons (Fsp3) is 0.818. The SMILES string of the molecule is CCCC(COC)NC(=O)C1(C(N)=S)CC1. The maximum absolute atomic E-state index is 12.0. The van der Waals surface area contributed by atoms with E-state index in [0.717, 1.165) is 25.7 Å². The first-order valence-corrected chi connectivity index (χ1v) is 6.07. The highest BCUT2D eigenvalue weighted by molar-refractivity contribution is 7.80. The molecule has 1 unspecified atom stereocenters. The van der Waals surface area contributed by atoms with Crippen molar-refractivity contribution in [2.45, 2.75) is 38.6 Å². The Balaban J connectivity index is 2.51. The third-order valence-electron chi connectivity index (χ3n) is 3.00. The van der Waals surface area contributed by atoms with Crippen molar-refractivity contribution in [3.05, 3.63) is 0 Å². The smallest absolute Gasteiger partial charge is 0.233 e. The zero-order valence-electron chi connectivity index (χ0n) is 9.91. The van der Waals surface area contributed by atoms with E-state index < -0.39 is 5.41 Å². The predicted octanol–water partition coefficient (Wildman–Crippen LogP) is 0.984. The Labute approximate surface area is 102 Å². The van der Waals surface area contributed by atoms with Crippen LogP contribution in [0.15, 0.2) is 0 Å². The Morgan fingerprint density at radius 1 is 1.62 bits per heavy atom. The van der Waals surface area contributed by atoms with Crippen LogP contribution in [0.1, 0.15) is 32.6 Å². The van der Waals surface area contributed by atoms with Crippen LogP contribution < -0.4 is 11.1 Å². The lowest BCUT2D eigenvalue weighted by Gasteiger charge is -2.21. The summed E-state index contributed by atoms with van der Waals surface area (Å²) in [5, 5.41) is 2.97. The molecule has 0 saturated heterocycles. The van der Waals surface area contributed by atoms with Gasteiger partial charge >= 0.3 is 0 Å². The summed E-state index contributed by atoms with van der Waals surface area (Å²) in [7, 11) is 1.63. The number of carbonyl (C=O) groups excluding carboxylic acids is 1. The second kappa shape index (κ2) is 5.59. The topological polar surface area (TPSA) is 64.3 Å². The number of thiocarbonyl (C=S) groups is 1. The van der Waals surface area contributed by atoms with Crippen LogP contribution >= 0.6 is 12.2 Å². The van der Waals surface area contributed by atoms with Gasteiger partial charge in [0.2, 0.25) is 5.91 Å². The van der Waals surface area contributed by atoms with Gasteiger partial charge in [0, 0.05) is 7.11 Å². The number of amides is 1. The molecule has 1 saturated carbocycles. The van der Waals surface area contributed by atoms with Gasteiger partial charge in [-0.05, 0) is 19.3 Å². The summed E-state index contributed by atoms with van der Waals surface area (Å²) in [5.74, 6) is -0.0319. The second-order valence-corrected chi connectivity index (χ2v) is 4.80. The fourth-order valence-electron chi connectivity index (χ4n) is 1.78. The normalized spacial score (nSPS) is 18.9. The van der Waals surface area contributed by atoms with Crippen molar-refractivity contribution in [3.63, 3.8) is 0 Å². The number of hydrogen-bond acceptors (Lipinski definition) is 3. The van der Waals surface area contributed by atoms with Gasteiger partial charge in [0.05, 0.1) is 23.1 Å². The van der Waals surface area contributed by atoms with Gasteiger partial charge in [-0.1, -0.05) is 25.6 Å². The van der Waals surface area contributed by atoms with Crippen molar-refractivity contribution in [3.8, 4) is 0 Å². The van der Waals surface area contributed by atoms with Gasteiger partial charge < -0.3 is 15.8 Å². The summed E-state index contributed by atoms with van der Waals surface area (Å²) < 4.78 is 5.07. The van der Waals surface area contributed by atoms with Crippen molar-refractivity contribution in [2.24, 2.45) is 11.1 Å². The molecule has 5 heteroatoms. The Kier molecular flexibility index (Phi) is 4.68. The number of ether oxygens (including phenoxy) is 1. The molecule has 3 N–H and O–H groups in total. The highest BCUT2D eigenvalue weighted by atomic mass is 32.1. The first-order chi connectivity index (χ1) is 7.56. The minimum absolute atomic E-state index is 0.0319. The van der Waals surface area contributed by atoms with Gasteiger partial charge in [0.15, 0.2) is 0 Å². The summed E-state index contributed by atoms with van der Waals surface area (Å²) in [5.41, 5.74) is 5.04. The van der Waals surface area contributed by atoms with E-state index in [1.54, 1.807) is 7.11 Å². The Morgan fingerprint density at radius 3 is 2.62 bits per heavy atom. The molecule has 0 heterocycles. The summed E-state index contributed by atoms with van der Waals surface area (Å²) in [6.45, 7) is 2.61. The number of nitrogens with one attached hydrogen (secondary N) is 1. The van der Waals surface area contributed by atoms with Crippen molar-refractivity contribution in [1.82, 2.24) is 5.32 Å². The molecular formula is C11H20N2O2S. The van der Waals surface area contributed by atoms with Crippen molar-refractivity contribution < 1.29 is 9.53 Å². The maximum Gasteiger partial charge on any atom is 0.233 e. The summed E-state index contributed by atoms with van der Waals surface area (Å²) >= 11 is 4.94. The molecule has 1 amide bonds. The quantitative estimate of drug-likeness (QED) is 0.655. The summed E-state index contributed by atoms with van der Waals surface area (Å²) in [6.07, 6.45) is 3.47. The fourth-order valence-corrected chi connectivity index (χ4v) is 2.08. The monoisotopic (exact) mass is 244 g/mol. The molecule has 0 aliphatic heterocycles. The third-order valence-corrected chi connectivity index (χ3v) is 3.39. The molecule has 0 aromatic rings. The van der Waals surface area contributed by atoms with Gasteiger partial charge in [0.1, 0.15) is 0 Å². The molecule has 0 aromatic heterocycles. The van der Waals surface area contributed by atoms with Gasteiger partial charge in [-0.25, -0.2) is 0 Å². The number of carbonyl (C=O) groups is 1. The van der Waals surface area contributed by atoms with Crippen molar-refractivity contribution in [2.75, 3.05) is 13.7 Å². The molecule has 1 atom stereocenters. The Hall–Kier alpha value is -0.680. The molecule has 92 valence electrons. The van der Waals surface area contributed by atoms with Crippen LogP contribution in [0.4, 0.5) is 0 Å². The zero-order chi connectivity index (χ0) is 12.2. The average Bonchev–Trinajstić information content (AvgIpc) is 2.98. The van der Waals surface area contributed by atoms with E-state index in [0.29, 0.717) is 11.6 Å². The number of nitrogens with two attached hydrogens (primary N) is 1. The minimum atomic E-state index is -0.560. The minimum Gasteiger partial charge on any atom is -0.392 e. The van der Waals surface area contributed by atoms with Crippen molar-refractivity contribution in [1.29, 1.82) is 0 Å². The standard InChI is InChI=1S/C11H20N2O2S/c1-3-4-8(7-15-2)13-10(14)11(5-6-11)9(12)16/h8H,3-7H2,1-2H3,(H2,12,16)(H,13,14). The summed E-state index contributed by atoms with van der Waals surface area (Å²) in [4.78, 5) is 12.3. The lowest BCUT2D eigenvalue weighted by atomic mass is 10.1. The van der Waals surface area contributed by atoms with Crippen LogP contribution in [0.3, 0.4) is 0 Å². The molecule has 0 radical (unpaired) electrons. The van der Waals surface area contributed by atoms with Crippen LogP contribution in [0.25, 0.3) is 0 Å². The molecule has 16 heavy (non-hydrogen) atoms. The molecule has 1 aliphatic rings. The highest BCUT2D eigenvalue weighted by Crippen LogP contribution is 2.46. The van der Waals surface area contributed by atoms with Crippen LogP contribution in [-0.4, -0.2) is 30.7 Å². The molecule has 1 aliphatic carbocycles. The van der Waals surface area contributed by atoms with E-state index in [1.807, 2.05) is 0 Å². The average molecular weight is 244 g/mol. The number of hydrogen-bond donors (Lipinski definition) is 2. The highest BCUT2D eigenvalue weighted by Gasteiger charge is 2.52. The molecule has 0 bridgehead atoms. The van der Waals surface area contributed by atoms with Crippen molar-refractivity contribution >= 4 is 23.1 Å². The van der Waals surface area contributed by atoms with Crippen LogP contribution in [-0.2, 0) is 9.53 Å². The van der Waals surface area contributed by atoms with E-state index in [2.05, 4.69) is 12.2 Å². The van der Waals surface area contributed by atoms with Gasteiger partial charge in [-0.15, -0.1) is 0 Å². The third kappa shape index (κ3) is 2.92. The van der Waals surface area contributed by atoms with E-state index in [-0.39, 0.29) is 11.9 Å². The van der Waals surface area contributed by atoms with Gasteiger partial charge in [-0.2, -0.15) is 0 Å². The Bertz CT molecular complexity index is 271. The lowest BCUT2D eigenvalue weighted by Crippen LogP contribution is -2.45. The first-order valence-electron chi connectivity index (χ1n) is 5.66. The largest absolute Gasteiger partial charge is 0.392 e. The van der Waals surface area contributed by atoms with E-state index in [4.69, 9.17) is 22.7 Å². The molecule has 1 fully saturated rings. The van der Waals surface area contributed by atoms with E-state index >= 15 is 0 Å². The first kappa shape index (κ1) is 13.4. The zero-order valence-corrected chi connectivity index (χ0v) is 10.7. The van der Waals surface area contributed by atoms with Crippen LogP contribution in [0.5, 0.6) is 0 Å². The van der Waals surface area contributed by atoms with Gasteiger partial charge in [0.25, 0.3) is 0 Å². The summed E-state index contributed by atoms with van der Waals surface area (Å²) in [6, 6.07) is 0.0642. The van der Waals surface area contributed by atoms with E-state index in [9.17, 15) is 4.79 Å².